The van der Waals surface area contributed by atoms with Crippen LogP contribution < -0.4 is 4.74 Å². The van der Waals surface area contributed by atoms with Crippen molar-refractivity contribution in [2.24, 2.45) is 0 Å². The Balaban J connectivity index is 1.39. The molecule has 150 valence electrons. The van der Waals surface area contributed by atoms with Crippen molar-refractivity contribution in [2.75, 3.05) is 13.7 Å². The van der Waals surface area contributed by atoms with E-state index in [4.69, 9.17) is 9.26 Å². The molecule has 0 bridgehead atoms. The molecule has 1 aliphatic rings. The molecule has 1 atom stereocenters. The molecule has 0 radical (unpaired) electrons. The minimum absolute atomic E-state index is 0.126. The van der Waals surface area contributed by atoms with Gasteiger partial charge in [-0.25, -0.2) is 0 Å². The highest BCUT2D eigenvalue weighted by atomic mass is 16.5. The van der Waals surface area contributed by atoms with Gasteiger partial charge in [0.25, 0.3) is 0 Å². The van der Waals surface area contributed by atoms with Gasteiger partial charge in [0.15, 0.2) is 0 Å². The number of methoxy groups -OCH3 is 1. The molecular formula is C23H25N3O3. The van der Waals surface area contributed by atoms with Gasteiger partial charge in [0.1, 0.15) is 11.8 Å². The van der Waals surface area contributed by atoms with Gasteiger partial charge in [-0.15, -0.1) is 0 Å². The van der Waals surface area contributed by atoms with E-state index >= 15 is 0 Å². The highest BCUT2D eigenvalue weighted by molar-refractivity contribution is 5.77. The first kappa shape index (κ1) is 19.2. The van der Waals surface area contributed by atoms with Crippen molar-refractivity contribution in [1.82, 2.24) is 15.0 Å². The fourth-order valence-electron chi connectivity index (χ4n) is 3.78. The van der Waals surface area contributed by atoms with E-state index in [1.54, 1.807) is 7.11 Å². The maximum absolute atomic E-state index is 12.8. The summed E-state index contributed by atoms with van der Waals surface area (Å²) in [5, 5.41) is 4.12. The van der Waals surface area contributed by atoms with E-state index in [0.29, 0.717) is 18.1 Å². The van der Waals surface area contributed by atoms with Crippen LogP contribution >= 0.6 is 0 Å². The van der Waals surface area contributed by atoms with Gasteiger partial charge in [-0.1, -0.05) is 35.5 Å². The van der Waals surface area contributed by atoms with Gasteiger partial charge in [0.05, 0.1) is 7.11 Å². The molecule has 1 aliphatic heterocycles. The van der Waals surface area contributed by atoms with Crippen molar-refractivity contribution in [1.29, 1.82) is 0 Å². The van der Waals surface area contributed by atoms with Crippen LogP contribution in [-0.4, -0.2) is 34.6 Å². The fourth-order valence-corrected chi connectivity index (χ4v) is 3.78. The second-order valence-corrected chi connectivity index (χ2v) is 7.27. The second-order valence-electron chi connectivity index (χ2n) is 7.27. The lowest BCUT2D eigenvalue weighted by molar-refractivity contribution is -0.132. The highest BCUT2D eigenvalue weighted by Gasteiger charge is 2.33. The number of likely N-dealkylation sites (tertiary alicyclic amines) is 1. The third kappa shape index (κ3) is 4.47. The van der Waals surface area contributed by atoms with Crippen LogP contribution in [0.2, 0.25) is 0 Å². The maximum Gasteiger partial charge on any atom is 0.249 e. The van der Waals surface area contributed by atoms with Gasteiger partial charge < -0.3 is 14.2 Å². The SMILES string of the molecule is COc1ccc(-c2noc([C@@H]3CCCN3C(=O)CCCc3ccccc3)n2)cc1. The molecule has 0 unspecified atom stereocenters. The summed E-state index contributed by atoms with van der Waals surface area (Å²) in [7, 11) is 1.63. The summed E-state index contributed by atoms with van der Waals surface area (Å²) < 4.78 is 10.7. The molecule has 2 aromatic carbocycles. The van der Waals surface area contributed by atoms with E-state index in [1.165, 1.54) is 5.56 Å². The molecule has 1 fully saturated rings. The van der Waals surface area contributed by atoms with Crippen molar-refractivity contribution < 1.29 is 14.1 Å². The average molecular weight is 391 g/mol. The number of amides is 1. The van der Waals surface area contributed by atoms with Gasteiger partial charge in [0, 0.05) is 18.5 Å². The van der Waals surface area contributed by atoms with E-state index < -0.39 is 0 Å². The van der Waals surface area contributed by atoms with Crippen LogP contribution in [0.1, 0.15) is 43.2 Å². The molecule has 29 heavy (non-hydrogen) atoms. The van der Waals surface area contributed by atoms with Crippen LogP contribution in [0, 0.1) is 0 Å². The zero-order valence-electron chi connectivity index (χ0n) is 16.6. The van der Waals surface area contributed by atoms with Crippen LogP contribution in [-0.2, 0) is 11.2 Å². The standard InChI is InChI=1S/C23H25N3O3/c1-28-19-14-12-18(13-15-19)22-24-23(29-25-22)20-10-6-16-26(20)21(27)11-5-9-17-7-3-2-4-8-17/h2-4,7-8,12-15,20H,5-6,9-11,16H2,1H3/t20-/m0/s1. The largest absolute Gasteiger partial charge is 0.497 e. The number of carbonyl (C=O) groups excluding carboxylic acids is 1. The number of hydrogen-bond donors (Lipinski definition) is 0. The normalized spacial score (nSPS) is 16.2. The fraction of sp³-hybridized carbons (Fsp3) is 0.348. The molecular weight excluding hydrogens is 366 g/mol. The van der Waals surface area contributed by atoms with Crippen LogP contribution in [0.3, 0.4) is 0 Å². The topological polar surface area (TPSA) is 68.5 Å². The first-order valence-corrected chi connectivity index (χ1v) is 10.1. The number of benzene rings is 2. The van der Waals surface area contributed by atoms with Gasteiger partial charge in [0.2, 0.25) is 17.6 Å². The number of nitrogens with zero attached hydrogens (tertiary/aromatic N) is 3. The van der Waals surface area contributed by atoms with E-state index in [2.05, 4.69) is 22.3 Å². The zero-order valence-corrected chi connectivity index (χ0v) is 16.6. The lowest BCUT2D eigenvalue weighted by Gasteiger charge is -2.21. The third-order valence-corrected chi connectivity index (χ3v) is 5.35. The number of carbonyl (C=O) groups is 1. The molecule has 0 N–H and O–H groups in total. The molecule has 3 aromatic rings. The molecule has 2 heterocycles. The van der Waals surface area contributed by atoms with E-state index in [1.807, 2.05) is 47.4 Å². The highest BCUT2D eigenvalue weighted by Crippen LogP contribution is 2.33. The van der Waals surface area contributed by atoms with Crippen molar-refractivity contribution in [3.05, 3.63) is 66.1 Å². The van der Waals surface area contributed by atoms with Crippen molar-refractivity contribution >= 4 is 5.91 Å². The average Bonchev–Trinajstić information content (AvgIpc) is 3.44. The van der Waals surface area contributed by atoms with E-state index in [0.717, 1.165) is 43.5 Å². The molecule has 6 heteroatoms. The summed E-state index contributed by atoms with van der Waals surface area (Å²) >= 11 is 0. The predicted molar refractivity (Wildman–Crippen MR) is 109 cm³/mol. The van der Waals surface area contributed by atoms with E-state index in [-0.39, 0.29) is 11.9 Å². The van der Waals surface area contributed by atoms with Crippen LogP contribution in [0.4, 0.5) is 0 Å². The van der Waals surface area contributed by atoms with Crippen LogP contribution in [0.5, 0.6) is 5.75 Å². The lowest BCUT2D eigenvalue weighted by Crippen LogP contribution is -2.30. The van der Waals surface area contributed by atoms with Gasteiger partial charge >= 0.3 is 0 Å². The second kappa shape index (κ2) is 8.90. The number of aromatic nitrogens is 2. The summed E-state index contributed by atoms with van der Waals surface area (Å²) in [6, 6.07) is 17.7. The van der Waals surface area contributed by atoms with Crippen molar-refractivity contribution in [3.8, 4) is 17.1 Å². The van der Waals surface area contributed by atoms with Gasteiger partial charge in [-0.3, -0.25) is 4.79 Å². The molecule has 1 saturated heterocycles. The first-order chi connectivity index (χ1) is 14.2. The van der Waals surface area contributed by atoms with Crippen LogP contribution in [0.25, 0.3) is 11.4 Å². The Bertz CT molecular complexity index is 938. The summed E-state index contributed by atoms with van der Waals surface area (Å²) in [5.41, 5.74) is 2.12. The predicted octanol–water partition coefficient (Wildman–Crippen LogP) is 4.43. The minimum atomic E-state index is -0.126. The summed E-state index contributed by atoms with van der Waals surface area (Å²) in [6.07, 6.45) is 4.09. The number of aryl methyl sites for hydroxylation is 1. The summed E-state index contributed by atoms with van der Waals surface area (Å²) in [6.45, 7) is 0.745. The monoisotopic (exact) mass is 391 g/mol. The lowest BCUT2D eigenvalue weighted by atomic mass is 10.1. The Morgan fingerprint density at radius 2 is 1.97 bits per heavy atom. The Labute approximate surface area is 170 Å². The Kier molecular flexibility index (Phi) is 5.89. The Morgan fingerprint density at radius 3 is 2.72 bits per heavy atom. The molecule has 0 spiro atoms. The van der Waals surface area contributed by atoms with Crippen molar-refractivity contribution in [2.45, 2.75) is 38.1 Å². The summed E-state index contributed by atoms with van der Waals surface area (Å²) in [5.74, 6) is 1.99. The number of rotatable bonds is 7. The quantitative estimate of drug-likeness (QED) is 0.596. The summed E-state index contributed by atoms with van der Waals surface area (Å²) in [4.78, 5) is 19.3. The van der Waals surface area contributed by atoms with E-state index in [9.17, 15) is 4.79 Å². The smallest absolute Gasteiger partial charge is 0.249 e. The van der Waals surface area contributed by atoms with Crippen molar-refractivity contribution in [3.63, 3.8) is 0 Å². The maximum atomic E-state index is 12.8. The van der Waals surface area contributed by atoms with Gasteiger partial charge in [-0.2, -0.15) is 4.98 Å². The molecule has 0 saturated carbocycles. The zero-order chi connectivity index (χ0) is 20.1. The van der Waals surface area contributed by atoms with Gasteiger partial charge in [-0.05, 0) is 55.5 Å². The number of ether oxygens (including phenoxy) is 1. The molecule has 4 rings (SSSR count). The Morgan fingerprint density at radius 1 is 1.17 bits per heavy atom. The molecule has 0 aliphatic carbocycles. The third-order valence-electron chi connectivity index (χ3n) is 5.35. The Hall–Kier alpha value is -3.15. The molecule has 1 aromatic heterocycles. The molecule has 6 nitrogen and oxygen atoms in total. The first-order valence-electron chi connectivity index (χ1n) is 10.1. The molecule has 1 amide bonds. The van der Waals surface area contributed by atoms with Crippen LogP contribution in [0.15, 0.2) is 59.1 Å². The number of hydrogen-bond acceptors (Lipinski definition) is 5. The minimum Gasteiger partial charge on any atom is -0.497 e.